The smallest absolute Gasteiger partial charge is 0.465 e. The second-order valence-electron chi connectivity index (χ2n) is 5.49. The van der Waals surface area contributed by atoms with Gasteiger partial charge in [-0.3, -0.25) is 4.79 Å². The van der Waals surface area contributed by atoms with Gasteiger partial charge in [-0.2, -0.15) is 18.2 Å². The number of anilines is 1. The molecule has 0 spiro atoms. The molecule has 1 amide bonds. The van der Waals surface area contributed by atoms with Gasteiger partial charge in [0, 0.05) is 11.1 Å². The molecule has 1 N–H and O–H groups in total. The standard InChI is InChI=1S/C18H12F3N3O4/c1-27-16(26)12-4-2-3-5-13(12)22-15(25)11-8-6-10(7-9-11)14-23-17(28-24-14)18(19,20)21/h2-9H,1H3,(H,22,25). The third-order valence-corrected chi connectivity index (χ3v) is 3.65. The summed E-state index contributed by atoms with van der Waals surface area (Å²) in [4.78, 5) is 27.4. The van der Waals surface area contributed by atoms with Crippen molar-refractivity contribution in [1.82, 2.24) is 10.1 Å². The van der Waals surface area contributed by atoms with Crippen LogP contribution in [0.5, 0.6) is 0 Å². The summed E-state index contributed by atoms with van der Waals surface area (Å²) < 4.78 is 46.4. The van der Waals surface area contributed by atoms with Gasteiger partial charge in [0.15, 0.2) is 0 Å². The Kier molecular flexibility index (Phi) is 5.12. The topological polar surface area (TPSA) is 94.3 Å². The normalized spacial score (nSPS) is 11.1. The lowest BCUT2D eigenvalue weighted by Gasteiger charge is -2.09. The van der Waals surface area contributed by atoms with Gasteiger partial charge in [0.05, 0.1) is 18.4 Å². The molecular weight excluding hydrogens is 379 g/mol. The molecule has 0 aliphatic heterocycles. The zero-order valence-corrected chi connectivity index (χ0v) is 14.3. The molecule has 0 aliphatic rings. The number of esters is 1. The van der Waals surface area contributed by atoms with E-state index in [1.807, 2.05) is 0 Å². The van der Waals surface area contributed by atoms with Crippen LogP contribution in [0.25, 0.3) is 11.4 Å². The molecule has 0 bridgehead atoms. The van der Waals surface area contributed by atoms with Crippen molar-refractivity contribution in [2.75, 3.05) is 12.4 Å². The van der Waals surface area contributed by atoms with Crippen LogP contribution in [0.4, 0.5) is 18.9 Å². The summed E-state index contributed by atoms with van der Waals surface area (Å²) in [6.45, 7) is 0. The number of halogens is 3. The molecular formula is C18H12F3N3O4. The van der Waals surface area contributed by atoms with Gasteiger partial charge >= 0.3 is 18.0 Å². The van der Waals surface area contributed by atoms with Gasteiger partial charge in [-0.15, -0.1) is 0 Å². The number of aromatic nitrogens is 2. The molecule has 0 fully saturated rings. The Bertz CT molecular complexity index is 1010. The van der Waals surface area contributed by atoms with Crippen LogP contribution < -0.4 is 5.32 Å². The van der Waals surface area contributed by atoms with Gasteiger partial charge in [-0.25, -0.2) is 4.79 Å². The Balaban J connectivity index is 1.78. The average molecular weight is 391 g/mol. The number of nitrogens with one attached hydrogen (secondary N) is 1. The van der Waals surface area contributed by atoms with Gasteiger partial charge < -0.3 is 14.6 Å². The molecule has 0 unspecified atom stereocenters. The summed E-state index contributed by atoms with van der Waals surface area (Å²) >= 11 is 0. The summed E-state index contributed by atoms with van der Waals surface area (Å²) in [5.41, 5.74) is 0.895. The second-order valence-corrected chi connectivity index (χ2v) is 5.49. The Morgan fingerprint density at radius 3 is 2.36 bits per heavy atom. The molecule has 2 aromatic carbocycles. The zero-order chi connectivity index (χ0) is 20.3. The quantitative estimate of drug-likeness (QED) is 0.680. The summed E-state index contributed by atoms with van der Waals surface area (Å²) in [5, 5.41) is 5.86. The minimum absolute atomic E-state index is 0.182. The van der Waals surface area contributed by atoms with Crippen LogP contribution >= 0.6 is 0 Å². The maximum atomic E-state index is 12.5. The molecule has 0 aliphatic carbocycles. The van der Waals surface area contributed by atoms with E-state index in [1.54, 1.807) is 12.1 Å². The SMILES string of the molecule is COC(=O)c1ccccc1NC(=O)c1ccc(-c2noc(C(F)(F)F)n2)cc1. The van der Waals surface area contributed by atoms with E-state index < -0.39 is 23.9 Å². The van der Waals surface area contributed by atoms with Crippen LogP contribution in [-0.2, 0) is 10.9 Å². The predicted octanol–water partition coefficient (Wildman–Crippen LogP) is 3.79. The third-order valence-electron chi connectivity index (χ3n) is 3.65. The van der Waals surface area contributed by atoms with E-state index in [2.05, 4.69) is 24.7 Å². The first-order chi connectivity index (χ1) is 13.3. The number of nitrogens with zero attached hydrogens (tertiary/aromatic N) is 2. The Hall–Kier alpha value is -3.69. The first-order valence-corrected chi connectivity index (χ1v) is 7.79. The molecule has 28 heavy (non-hydrogen) atoms. The maximum Gasteiger partial charge on any atom is 0.471 e. The van der Waals surface area contributed by atoms with Crippen LogP contribution in [0.2, 0.25) is 0 Å². The largest absolute Gasteiger partial charge is 0.471 e. The minimum atomic E-state index is -4.74. The number of hydrogen-bond acceptors (Lipinski definition) is 6. The van der Waals surface area contributed by atoms with E-state index in [4.69, 9.17) is 0 Å². The summed E-state index contributed by atoms with van der Waals surface area (Å²) in [7, 11) is 1.22. The van der Waals surface area contributed by atoms with Gasteiger partial charge in [0.25, 0.3) is 5.91 Å². The van der Waals surface area contributed by atoms with Gasteiger partial charge in [0.2, 0.25) is 5.82 Å². The molecule has 0 atom stereocenters. The van der Waals surface area contributed by atoms with Crippen LogP contribution in [0.3, 0.4) is 0 Å². The second kappa shape index (κ2) is 7.51. The highest BCUT2D eigenvalue weighted by molar-refractivity contribution is 6.08. The zero-order valence-electron chi connectivity index (χ0n) is 14.3. The maximum absolute atomic E-state index is 12.5. The van der Waals surface area contributed by atoms with Crippen molar-refractivity contribution in [1.29, 1.82) is 0 Å². The predicted molar refractivity (Wildman–Crippen MR) is 90.5 cm³/mol. The highest BCUT2D eigenvalue weighted by Gasteiger charge is 2.38. The molecule has 0 saturated heterocycles. The third kappa shape index (κ3) is 4.00. The Labute approximate surface area is 156 Å². The highest BCUT2D eigenvalue weighted by Crippen LogP contribution is 2.29. The average Bonchev–Trinajstić information content (AvgIpc) is 3.18. The van der Waals surface area contributed by atoms with E-state index in [1.165, 1.54) is 43.5 Å². The van der Waals surface area contributed by atoms with Crippen molar-refractivity contribution in [2.24, 2.45) is 0 Å². The van der Waals surface area contributed by atoms with Gasteiger partial charge in [0.1, 0.15) is 0 Å². The number of amides is 1. The molecule has 1 aromatic heterocycles. The van der Waals surface area contributed by atoms with E-state index in [0.29, 0.717) is 0 Å². The number of alkyl halides is 3. The number of rotatable bonds is 4. The lowest BCUT2D eigenvalue weighted by atomic mass is 10.1. The summed E-state index contributed by atoms with van der Waals surface area (Å²) in [6, 6.07) is 11.8. The van der Waals surface area contributed by atoms with Gasteiger partial charge in [-0.05, 0) is 24.3 Å². The number of benzene rings is 2. The molecule has 3 aromatic rings. The summed E-state index contributed by atoms with van der Waals surface area (Å²) in [5.74, 6) is -2.84. The number of carbonyl (C=O) groups excluding carboxylic acids is 2. The fourth-order valence-electron chi connectivity index (χ4n) is 2.30. The lowest BCUT2D eigenvalue weighted by molar-refractivity contribution is -0.159. The fourth-order valence-corrected chi connectivity index (χ4v) is 2.30. The first-order valence-electron chi connectivity index (χ1n) is 7.79. The van der Waals surface area contributed by atoms with Crippen molar-refractivity contribution < 1.29 is 32.0 Å². The van der Waals surface area contributed by atoms with Crippen LogP contribution in [0.1, 0.15) is 26.6 Å². The molecule has 0 radical (unpaired) electrons. The van der Waals surface area contributed by atoms with Gasteiger partial charge in [-0.1, -0.05) is 29.4 Å². The molecule has 1 heterocycles. The monoisotopic (exact) mass is 391 g/mol. The fraction of sp³-hybridized carbons (Fsp3) is 0.111. The molecule has 3 rings (SSSR count). The first kappa shape index (κ1) is 19.1. The van der Waals surface area contributed by atoms with Crippen molar-refractivity contribution in [3.05, 3.63) is 65.5 Å². The number of hydrogen-bond donors (Lipinski definition) is 1. The number of methoxy groups -OCH3 is 1. The summed E-state index contributed by atoms with van der Waals surface area (Å²) in [6.07, 6.45) is -4.74. The molecule has 7 nitrogen and oxygen atoms in total. The Morgan fingerprint density at radius 2 is 1.75 bits per heavy atom. The van der Waals surface area contributed by atoms with Crippen molar-refractivity contribution in [3.8, 4) is 11.4 Å². The van der Waals surface area contributed by atoms with Crippen molar-refractivity contribution in [3.63, 3.8) is 0 Å². The molecule has 0 saturated carbocycles. The van der Waals surface area contributed by atoms with Crippen LogP contribution in [0.15, 0.2) is 53.1 Å². The van der Waals surface area contributed by atoms with E-state index >= 15 is 0 Å². The number of carbonyl (C=O) groups is 2. The van der Waals surface area contributed by atoms with E-state index in [-0.39, 0.29) is 28.2 Å². The van der Waals surface area contributed by atoms with Crippen LogP contribution in [0, 0.1) is 0 Å². The van der Waals surface area contributed by atoms with Crippen molar-refractivity contribution in [2.45, 2.75) is 6.18 Å². The minimum Gasteiger partial charge on any atom is -0.465 e. The lowest BCUT2D eigenvalue weighted by Crippen LogP contribution is -2.15. The van der Waals surface area contributed by atoms with E-state index in [9.17, 15) is 22.8 Å². The highest BCUT2D eigenvalue weighted by atomic mass is 19.4. The number of para-hydroxylation sites is 1. The number of ether oxygens (including phenoxy) is 1. The molecule has 144 valence electrons. The van der Waals surface area contributed by atoms with Crippen LogP contribution in [-0.4, -0.2) is 29.1 Å². The Morgan fingerprint density at radius 1 is 1.07 bits per heavy atom. The van der Waals surface area contributed by atoms with Crippen molar-refractivity contribution >= 4 is 17.6 Å². The molecule has 10 heteroatoms. The van der Waals surface area contributed by atoms with E-state index in [0.717, 1.165) is 0 Å².